The summed E-state index contributed by atoms with van der Waals surface area (Å²) < 4.78 is 10.7. The number of phenolic OH excluding ortho intramolecular Hbond substituents is 1. The van der Waals surface area contributed by atoms with E-state index >= 15 is 0 Å². The van der Waals surface area contributed by atoms with Gasteiger partial charge >= 0.3 is 0 Å². The first kappa shape index (κ1) is 19.9. The number of ether oxygens (including phenoxy) is 2. The lowest BCUT2D eigenvalue weighted by molar-refractivity contribution is 0.0992. The summed E-state index contributed by atoms with van der Waals surface area (Å²) in [5.41, 5.74) is 2.78. The summed E-state index contributed by atoms with van der Waals surface area (Å²) in [5.74, 6) is 0.0479. The van der Waals surface area contributed by atoms with Gasteiger partial charge in [-0.25, -0.2) is 0 Å². The molecule has 0 saturated heterocycles. The molecule has 0 heterocycles. The summed E-state index contributed by atoms with van der Waals surface area (Å²) in [6, 6.07) is 6.71. The molecule has 142 valence electrons. The molecule has 0 saturated carbocycles. The maximum Gasteiger partial charge on any atom is 0.200 e. The summed E-state index contributed by atoms with van der Waals surface area (Å²) in [6.07, 6.45) is 6.50. The molecule has 0 bridgehead atoms. The van der Waals surface area contributed by atoms with Gasteiger partial charge in [0.15, 0.2) is 17.3 Å². The normalized spacial score (nSPS) is 13.3. The summed E-state index contributed by atoms with van der Waals surface area (Å²) in [7, 11) is 2.90. The van der Waals surface area contributed by atoms with Crippen molar-refractivity contribution < 1.29 is 24.2 Å². The Kier molecular flexibility index (Phi) is 5.69. The molecule has 3 rings (SSSR count). The minimum atomic E-state index is -0.197. The van der Waals surface area contributed by atoms with Gasteiger partial charge in [0.1, 0.15) is 0 Å². The van der Waals surface area contributed by atoms with Gasteiger partial charge in [0.2, 0.25) is 11.5 Å². The Hall–Kier alpha value is -2.87. The van der Waals surface area contributed by atoms with E-state index in [9.17, 15) is 14.7 Å². The number of ketones is 2. The molecule has 28 heavy (non-hydrogen) atoms. The largest absolute Gasteiger partial charge is 0.502 e. The standard InChI is InChI=1S/C22H17IO5/c1-4-13-6-8-15-17(24)11-16(23)21(25)20(15)14(13)7-5-12-9-18(27-2)22(26)19(10-12)28-3/h4-11,26H,1H2,2-3H3. The molecule has 0 amide bonds. The third kappa shape index (κ3) is 3.47. The zero-order valence-electron chi connectivity index (χ0n) is 15.3. The monoisotopic (exact) mass is 488 g/mol. The minimum Gasteiger partial charge on any atom is -0.502 e. The van der Waals surface area contributed by atoms with Crippen molar-refractivity contribution in [2.45, 2.75) is 0 Å². The Morgan fingerprint density at radius 2 is 1.71 bits per heavy atom. The predicted molar refractivity (Wildman–Crippen MR) is 117 cm³/mol. The van der Waals surface area contributed by atoms with Crippen molar-refractivity contribution in [3.63, 3.8) is 0 Å². The second kappa shape index (κ2) is 8.02. The van der Waals surface area contributed by atoms with E-state index in [0.29, 0.717) is 25.8 Å². The Bertz CT molecular complexity index is 1040. The van der Waals surface area contributed by atoms with Gasteiger partial charge in [-0.15, -0.1) is 0 Å². The molecule has 0 spiro atoms. The fourth-order valence-corrected chi connectivity index (χ4v) is 3.56. The summed E-state index contributed by atoms with van der Waals surface area (Å²) in [5, 5.41) is 10.1. The third-order valence-corrected chi connectivity index (χ3v) is 5.21. The molecule has 6 heteroatoms. The lowest BCUT2D eigenvalue weighted by Crippen LogP contribution is -2.16. The van der Waals surface area contributed by atoms with Crippen LogP contribution in [0.15, 0.2) is 40.5 Å². The number of methoxy groups -OCH3 is 2. The molecule has 0 unspecified atom stereocenters. The number of benzene rings is 2. The molecule has 5 nitrogen and oxygen atoms in total. The van der Waals surface area contributed by atoms with Crippen LogP contribution in [0.25, 0.3) is 18.2 Å². The van der Waals surface area contributed by atoms with E-state index in [1.54, 1.807) is 42.5 Å². The lowest BCUT2D eigenvalue weighted by atomic mass is 9.87. The Labute approximate surface area is 176 Å². The van der Waals surface area contributed by atoms with Crippen LogP contribution in [0.4, 0.5) is 0 Å². The van der Waals surface area contributed by atoms with Crippen LogP contribution in [0, 0.1) is 0 Å². The number of halogens is 1. The van der Waals surface area contributed by atoms with Crippen LogP contribution >= 0.6 is 22.6 Å². The molecule has 0 fully saturated rings. The number of phenols is 1. The zero-order valence-corrected chi connectivity index (χ0v) is 17.4. The van der Waals surface area contributed by atoms with Crippen LogP contribution in [-0.2, 0) is 0 Å². The van der Waals surface area contributed by atoms with Crippen LogP contribution < -0.4 is 9.47 Å². The fourth-order valence-electron chi connectivity index (χ4n) is 3.01. The van der Waals surface area contributed by atoms with E-state index in [-0.39, 0.29) is 28.8 Å². The molecule has 2 aromatic rings. The minimum absolute atomic E-state index is 0.0912. The predicted octanol–water partition coefficient (Wildman–Crippen LogP) is 4.92. The summed E-state index contributed by atoms with van der Waals surface area (Å²) in [6.45, 7) is 3.81. The highest BCUT2D eigenvalue weighted by atomic mass is 127. The number of carbonyl (C=O) groups is 2. The molecule has 1 N–H and O–H groups in total. The first-order valence-electron chi connectivity index (χ1n) is 8.30. The number of aromatic hydroxyl groups is 1. The number of carbonyl (C=O) groups excluding carboxylic acids is 2. The molecule has 0 aliphatic heterocycles. The summed E-state index contributed by atoms with van der Waals surface area (Å²) >= 11 is 1.88. The first-order valence-corrected chi connectivity index (χ1v) is 9.37. The topological polar surface area (TPSA) is 72.8 Å². The van der Waals surface area contributed by atoms with Crippen LogP contribution in [-0.4, -0.2) is 30.9 Å². The number of allylic oxidation sites excluding steroid dienone is 2. The molecule has 0 radical (unpaired) electrons. The maximum absolute atomic E-state index is 12.7. The van der Waals surface area contributed by atoms with E-state index in [2.05, 4.69) is 6.58 Å². The number of hydrogen-bond acceptors (Lipinski definition) is 5. The quantitative estimate of drug-likeness (QED) is 0.478. The Morgan fingerprint density at radius 3 is 2.29 bits per heavy atom. The average Bonchev–Trinajstić information content (AvgIpc) is 2.70. The average molecular weight is 488 g/mol. The lowest BCUT2D eigenvalue weighted by Gasteiger charge is -2.16. The number of rotatable bonds is 5. The van der Waals surface area contributed by atoms with Crippen LogP contribution in [0.3, 0.4) is 0 Å². The molecule has 1 aliphatic rings. The molecule has 1 aliphatic carbocycles. The SMILES string of the molecule is C=Cc1ccc2c(c1C=Cc1cc(OC)c(O)c(OC)c1)C(=O)C(I)=CC2=O. The molecular weight excluding hydrogens is 471 g/mol. The molecule has 2 aromatic carbocycles. The van der Waals surface area contributed by atoms with Crippen molar-refractivity contribution in [2.24, 2.45) is 0 Å². The van der Waals surface area contributed by atoms with Crippen LogP contribution in [0.2, 0.25) is 0 Å². The van der Waals surface area contributed by atoms with E-state index in [1.165, 1.54) is 20.3 Å². The smallest absolute Gasteiger partial charge is 0.200 e. The van der Waals surface area contributed by atoms with Crippen molar-refractivity contribution >= 4 is 52.4 Å². The van der Waals surface area contributed by atoms with Gasteiger partial charge < -0.3 is 14.6 Å². The third-order valence-electron chi connectivity index (χ3n) is 4.41. The van der Waals surface area contributed by atoms with Gasteiger partial charge in [0.25, 0.3) is 0 Å². The number of hydrogen-bond donors (Lipinski definition) is 1. The van der Waals surface area contributed by atoms with Gasteiger partial charge in [-0.05, 0) is 57.5 Å². The van der Waals surface area contributed by atoms with Gasteiger partial charge in [-0.3, -0.25) is 9.59 Å². The van der Waals surface area contributed by atoms with Gasteiger partial charge in [0, 0.05) is 17.2 Å². The van der Waals surface area contributed by atoms with Crippen molar-refractivity contribution in [3.8, 4) is 17.2 Å². The van der Waals surface area contributed by atoms with Crippen molar-refractivity contribution in [1.82, 2.24) is 0 Å². The highest BCUT2D eigenvalue weighted by molar-refractivity contribution is 14.1. The van der Waals surface area contributed by atoms with Gasteiger partial charge in [-0.1, -0.05) is 30.9 Å². The van der Waals surface area contributed by atoms with E-state index in [1.807, 2.05) is 22.6 Å². The highest BCUT2D eigenvalue weighted by Crippen LogP contribution is 2.38. The maximum atomic E-state index is 12.7. The van der Waals surface area contributed by atoms with Crippen molar-refractivity contribution in [1.29, 1.82) is 0 Å². The zero-order chi connectivity index (χ0) is 20.4. The van der Waals surface area contributed by atoms with Crippen LogP contribution in [0.1, 0.15) is 37.4 Å². The van der Waals surface area contributed by atoms with Gasteiger partial charge in [-0.2, -0.15) is 0 Å². The van der Waals surface area contributed by atoms with E-state index in [0.717, 1.165) is 5.56 Å². The van der Waals surface area contributed by atoms with E-state index < -0.39 is 0 Å². The van der Waals surface area contributed by atoms with E-state index in [4.69, 9.17) is 9.47 Å². The number of fused-ring (bicyclic) bond motifs is 1. The van der Waals surface area contributed by atoms with Crippen molar-refractivity contribution in [2.75, 3.05) is 14.2 Å². The summed E-state index contributed by atoms with van der Waals surface area (Å²) in [4.78, 5) is 25.1. The first-order chi connectivity index (χ1) is 13.4. The second-order valence-corrected chi connectivity index (χ2v) is 7.15. The molecular formula is C22H17IO5. The molecule has 0 atom stereocenters. The second-order valence-electron chi connectivity index (χ2n) is 5.99. The number of Topliss-reactive ketones (excluding diaryl/α,β-unsaturated/α-hetero) is 1. The Balaban J connectivity index is 2.16. The molecule has 0 aromatic heterocycles. The van der Waals surface area contributed by atoms with Crippen molar-refractivity contribution in [3.05, 3.63) is 68.3 Å². The fraction of sp³-hybridized carbons (Fsp3) is 0.0909. The Morgan fingerprint density at radius 1 is 1.07 bits per heavy atom. The highest BCUT2D eigenvalue weighted by Gasteiger charge is 2.27. The van der Waals surface area contributed by atoms with Crippen LogP contribution in [0.5, 0.6) is 17.2 Å². The van der Waals surface area contributed by atoms with Gasteiger partial charge in [0.05, 0.1) is 17.8 Å².